The van der Waals surface area contributed by atoms with Gasteiger partial charge in [-0.3, -0.25) is 9.59 Å². The number of thiophene rings is 1. The van der Waals surface area contributed by atoms with Gasteiger partial charge in [-0.25, -0.2) is 0 Å². The number of nitrogens with zero attached hydrogens (tertiary/aromatic N) is 1. The Balaban J connectivity index is 1.63. The Morgan fingerprint density at radius 1 is 1.21 bits per heavy atom. The average molecular weight is 341 g/mol. The molecule has 2 aromatic rings. The number of carboxylic acids is 1. The molecule has 2 heterocycles. The van der Waals surface area contributed by atoms with Gasteiger partial charge in [0, 0.05) is 17.5 Å². The molecule has 4 nitrogen and oxygen atoms in total. The molecule has 1 saturated heterocycles. The van der Waals surface area contributed by atoms with Crippen LogP contribution in [0.25, 0.3) is 10.4 Å². The second-order valence-electron chi connectivity index (χ2n) is 6.51. The van der Waals surface area contributed by atoms with Crippen LogP contribution < -0.4 is 0 Å². The van der Waals surface area contributed by atoms with Gasteiger partial charge in [0.25, 0.3) is 5.91 Å². The van der Waals surface area contributed by atoms with E-state index < -0.39 is 5.97 Å². The lowest BCUT2D eigenvalue weighted by atomic mass is 9.91. The molecule has 1 atom stereocenters. The first-order chi connectivity index (χ1) is 11.6. The quantitative estimate of drug-likeness (QED) is 0.928. The van der Waals surface area contributed by atoms with Crippen molar-refractivity contribution in [1.29, 1.82) is 0 Å². The monoisotopic (exact) mass is 341 g/mol. The molecule has 1 unspecified atom stereocenters. The van der Waals surface area contributed by atoms with Crippen LogP contribution in [-0.2, 0) is 17.6 Å². The summed E-state index contributed by atoms with van der Waals surface area (Å²) in [5.74, 6) is -0.838. The lowest BCUT2D eigenvalue weighted by molar-refractivity contribution is -0.137. The predicted molar refractivity (Wildman–Crippen MR) is 93.5 cm³/mol. The number of amides is 1. The van der Waals surface area contributed by atoms with Crippen LogP contribution in [0.3, 0.4) is 0 Å². The molecule has 0 bridgehead atoms. The molecule has 1 aromatic carbocycles. The highest BCUT2D eigenvalue weighted by atomic mass is 32.1. The Morgan fingerprint density at radius 2 is 2.00 bits per heavy atom. The van der Waals surface area contributed by atoms with Gasteiger partial charge in [0.15, 0.2) is 0 Å². The molecule has 0 radical (unpaired) electrons. The fourth-order valence-electron chi connectivity index (χ4n) is 3.84. The van der Waals surface area contributed by atoms with Crippen molar-refractivity contribution in [2.75, 3.05) is 6.54 Å². The number of rotatable bonds is 3. The third-order valence-corrected chi connectivity index (χ3v) is 6.19. The van der Waals surface area contributed by atoms with E-state index in [1.807, 2.05) is 12.1 Å². The minimum atomic E-state index is -0.834. The van der Waals surface area contributed by atoms with Gasteiger partial charge in [-0.1, -0.05) is 24.3 Å². The van der Waals surface area contributed by atoms with Crippen molar-refractivity contribution in [1.82, 2.24) is 4.90 Å². The molecule has 5 heteroatoms. The van der Waals surface area contributed by atoms with Crippen LogP contribution in [0.15, 0.2) is 30.3 Å². The number of fused-ring (bicyclic) bond motifs is 3. The summed E-state index contributed by atoms with van der Waals surface area (Å²) in [7, 11) is 0. The number of carboxylic acid groups (broad SMARTS) is 1. The molecule has 0 spiro atoms. The minimum absolute atomic E-state index is 0.00405. The Hall–Kier alpha value is -2.14. The van der Waals surface area contributed by atoms with Gasteiger partial charge in [0.05, 0.1) is 11.3 Å². The van der Waals surface area contributed by atoms with Crippen LogP contribution in [0.2, 0.25) is 0 Å². The zero-order valence-corrected chi connectivity index (χ0v) is 14.1. The Bertz CT molecular complexity index is 811. The molecule has 1 amide bonds. The topological polar surface area (TPSA) is 57.6 Å². The molecule has 124 valence electrons. The summed E-state index contributed by atoms with van der Waals surface area (Å²) in [5.41, 5.74) is 3.83. The summed E-state index contributed by atoms with van der Waals surface area (Å²) in [6.45, 7) is 0.663. The number of aryl methyl sites for hydroxylation is 2. The van der Waals surface area contributed by atoms with E-state index in [4.69, 9.17) is 5.11 Å². The van der Waals surface area contributed by atoms with Gasteiger partial charge in [0.2, 0.25) is 0 Å². The van der Waals surface area contributed by atoms with Crippen LogP contribution in [0.5, 0.6) is 0 Å². The minimum Gasteiger partial charge on any atom is -0.481 e. The largest absolute Gasteiger partial charge is 0.481 e. The number of benzene rings is 1. The van der Waals surface area contributed by atoms with E-state index in [0.717, 1.165) is 30.6 Å². The third-order valence-electron chi connectivity index (χ3n) is 4.99. The van der Waals surface area contributed by atoms with Crippen LogP contribution in [0, 0.1) is 0 Å². The van der Waals surface area contributed by atoms with Gasteiger partial charge in [-0.15, -0.1) is 11.3 Å². The van der Waals surface area contributed by atoms with Crippen molar-refractivity contribution in [2.45, 2.75) is 38.1 Å². The third kappa shape index (κ3) is 2.63. The van der Waals surface area contributed by atoms with Crippen LogP contribution in [0.1, 0.15) is 40.1 Å². The van der Waals surface area contributed by atoms with E-state index in [0.29, 0.717) is 6.54 Å². The van der Waals surface area contributed by atoms with Crippen molar-refractivity contribution in [3.05, 3.63) is 46.3 Å². The molecule has 1 N–H and O–H groups in total. The van der Waals surface area contributed by atoms with Crippen LogP contribution >= 0.6 is 11.3 Å². The molecule has 1 aliphatic heterocycles. The number of aliphatic carboxylic acids is 1. The van der Waals surface area contributed by atoms with Gasteiger partial charge >= 0.3 is 5.97 Å². The zero-order valence-electron chi connectivity index (χ0n) is 13.3. The zero-order chi connectivity index (χ0) is 16.7. The van der Waals surface area contributed by atoms with E-state index in [-0.39, 0.29) is 18.4 Å². The Kier molecular flexibility index (Phi) is 3.88. The summed E-state index contributed by atoms with van der Waals surface area (Å²) in [6.07, 6.45) is 3.69. The summed E-state index contributed by atoms with van der Waals surface area (Å²) in [4.78, 5) is 27.6. The Morgan fingerprint density at radius 3 is 2.83 bits per heavy atom. The Labute approximate surface area is 144 Å². The van der Waals surface area contributed by atoms with Gasteiger partial charge in [0.1, 0.15) is 0 Å². The van der Waals surface area contributed by atoms with Crippen molar-refractivity contribution < 1.29 is 14.7 Å². The van der Waals surface area contributed by atoms with Crippen LogP contribution in [-0.4, -0.2) is 34.5 Å². The highest BCUT2D eigenvalue weighted by Gasteiger charge is 2.32. The van der Waals surface area contributed by atoms with Crippen molar-refractivity contribution in [2.24, 2.45) is 0 Å². The molecule has 1 aliphatic carbocycles. The standard InChI is InChI=1S/C19H19NO3S/c21-17(22)11-14-5-3-9-20(14)19(23)16-10-13-8-7-12-4-1-2-6-15(12)18(13)24-16/h1-2,4,6,10,14H,3,5,7-9,11H2,(H,21,22). The van der Waals surface area contributed by atoms with Crippen molar-refractivity contribution in [3.63, 3.8) is 0 Å². The van der Waals surface area contributed by atoms with Gasteiger partial charge in [-0.2, -0.15) is 0 Å². The SMILES string of the molecule is O=C(O)CC1CCCN1C(=O)c1cc2c(s1)-c1ccccc1CC2. The molecule has 2 aliphatic rings. The van der Waals surface area contributed by atoms with E-state index in [1.54, 1.807) is 16.2 Å². The molecular weight excluding hydrogens is 322 g/mol. The molecule has 1 fully saturated rings. The van der Waals surface area contributed by atoms with Crippen molar-refractivity contribution in [3.8, 4) is 10.4 Å². The fourth-order valence-corrected chi connectivity index (χ4v) is 5.06. The van der Waals surface area contributed by atoms with E-state index >= 15 is 0 Å². The van der Waals surface area contributed by atoms with Gasteiger partial charge < -0.3 is 10.0 Å². The maximum atomic E-state index is 12.9. The first kappa shape index (κ1) is 15.4. The summed E-state index contributed by atoms with van der Waals surface area (Å²) < 4.78 is 0. The number of hydrogen-bond acceptors (Lipinski definition) is 3. The molecule has 1 aromatic heterocycles. The number of hydrogen-bond donors (Lipinski definition) is 1. The maximum absolute atomic E-state index is 12.9. The first-order valence-corrected chi connectivity index (χ1v) is 9.19. The molecule has 0 saturated carbocycles. The number of likely N-dealkylation sites (tertiary alicyclic amines) is 1. The second kappa shape index (κ2) is 6.06. The lowest BCUT2D eigenvalue weighted by Gasteiger charge is -2.22. The number of carbonyl (C=O) groups is 2. The van der Waals surface area contributed by atoms with Crippen molar-refractivity contribution >= 4 is 23.2 Å². The average Bonchev–Trinajstić information content (AvgIpc) is 3.20. The van der Waals surface area contributed by atoms with E-state index in [1.165, 1.54) is 21.6 Å². The summed E-state index contributed by atoms with van der Waals surface area (Å²) in [6, 6.07) is 10.2. The summed E-state index contributed by atoms with van der Waals surface area (Å²) in [5, 5.41) is 9.05. The molecule has 24 heavy (non-hydrogen) atoms. The predicted octanol–water partition coefficient (Wildman–Crippen LogP) is 3.59. The molecule has 4 rings (SSSR count). The smallest absolute Gasteiger partial charge is 0.305 e. The van der Waals surface area contributed by atoms with E-state index in [9.17, 15) is 9.59 Å². The highest BCUT2D eigenvalue weighted by molar-refractivity contribution is 7.17. The molecular formula is C19H19NO3S. The first-order valence-electron chi connectivity index (χ1n) is 8.37. The lowest BCUT2D eigenvalue weighted by Crippen LogP contribution is -2.36. The normalized spacial score (nSPS) is 19.0. The maximum Gasteiger partial charge on any atom is 0.305 e. The highest BCUT2D eigenvalue weighted by Crippen LogP contribution is 2.40. The van der Waals surface area contributed by atoms with Crippen LogP contribution in [0.4, 0.5) is 0 Å². The number of carbonyl (C=O) groups excluding carboxylic acids is 1. The fraction of sp³-hybridized carbons (Fsp3) is 0.368. The van der Waals surface area contributed by atoms with E-state index in [2.05, 4.69) is 18.2 Å². The summed E-state index contributed by atoms with van der Waals surface area (Å²) >= 11 is 1.56. The van der Waals surface area contributed by atoms with Gasteiger partial charge in [-0.05, 0) is 48.4 Å². The second-order valence-corrected chi connectivity index (χ2v) is 7.57.